The molecule has 2 nitrogen and oxygen atoms in total. The highest BCUT2D eigenvalue weighted by molar-refractivity contribution is 8.00. The summed E-state index contributed by atoms with van der Waals surface area (Å²) in [5, 5.41) is 0. The number of rotatable bonds is 5. The maximum absolute atomic E-state index is 10.5. The summed E-state index contributed by atoms with van der Waals surface area (Å²) >= 11 is 1.89. The molecule has 0 spiro atoms. The third kappa shape index (κ3) is 6.53. The normalized spacial score (nSPS) is 11.3. The molecule has 0 saturated heterocycles. The van der Waals surface area contributed by atoms with Crippen LogP contribution in [0.4, 0.5) is 0 Å². The molecule has 0 rings (SSSR count). The predicted molar refractivity (Wildman–Crippen MR) is 53.5 cm³/mol. The molecular weight excluding hydrogens is 172 g/mol. The van der Waals surface area contributed by atoms with E-state index in [1.165, 1.54) is 6.92 Å². The Labute approximate surface area is 79.1 Å². The number of carbonyl (C=O) groups is 1. The second-order valence-electron chi connectivity index (χ2n) is 3.28. The first-order valence-corrected chi connectivity index (χ1v) is 5.24. The van der Waals surface area contributed by atoms with Crippen LogP contribution >= 0.6 is 11.8 Å². The maximum Gasteiger partial charge on any atom is 0.302 e. The summed E-state index contributed by atoms with van der Waals surface area (Å²) in [5.74, 6) is 0.917. The van der Waals surface area contributed by atoms with Gasteiger partial charge in [-0.15, -0.1) is 0 Å². The molecule has 3 heteroatoms. The molecule has 0 unspecified atom stereocenters. The molecule has 0 aromatic carbocycles. The highest BCUT2D eigenvalue weighted by atomic mass is 32.2. The summed E-state index contributed by atoms with van der Waals surface area (Å²) in [6.45, 7) is 8.46. The van der Waals surface area contributed by atoms with Crippen molar-refractivity contribution in [2.24, 2.45) is 0 Å². The molecule has 0 bridgehead atoms. The van der Waals surface area contributed by atoms with Gasteiger partial charge in [-0.1, -0.05) is 20.8 Å². The molecular formula is C9H18O2S. The molecule has 72 valence electrons. The average molecular weight is 190 g/mol. The topological polar surface area (TPSA) is 26.3 Å². The van der Waals surface area contributed by atoms with Gasteiger partial charge in [0.15, 0.2) is 0 Å². The van der Waals surface area contributed by atoms with Gasteiger partial charge in [-0.3, -0.25) is 4.79 Å². The summed E-state index contributed by atoms with van der Waals surface area (Å²) in [7, 11) is 0. The summed E-state index contributed by atoms with van der Waals surface area (Å²) < 4.78 is 5.10. The van der Waals surface area contributed by atoms with Crippen LogP contribution in [0, 0.1) is 0 Å². The third-order valence-electron chi connectivity index (χ3n) is 1.54. The van der Waals surface area contributed by atoms with Gasteiger partial charge in [0.1, 0.15) is 0 Å². The largest absolute Gasteiger partial charge is 0.466 e. The van der Waals surface area contributed by atoms with Gasteiger partial charge in [0.25, 0.3) is 0 Å². The molecule has 0 fully saturated rings. The fourth-order valence-electron chi connectivity index (χ4n) is 0.903. The van der Waals surface area contributed by atoms with Crippen molar-refractivity contribution in [3.8, 4) is 0 Å². The molecule has 0 aliphatic heterocycles. The van der Waals surface area contributed by atoms with Gasteiger partial charge in [0, 0.05) is 11.7 Å². The zero-order valence-corrected chi connectivity index (χ0v) is 9.16. The zero-order valence-electron chi connectivity index (χ0n) is 8.35. The molecule has 0 radical (unpaired) electrons. The minimum atomic E-state index is -0.188. The molecule has 0 aromatic rings. The molecule has 0 heterocycles. The van der Waals surface area contributed by atoms with Crippen molar-refractivity contribution in [2.75, 3.05) is 12.4 Å². The summed E-state index contributed by atoms with van der Waals surface area (Å²) in [5.41, 5.74) is 0. The van der Waals surface area contributed by atoms with Crippen LogP contribution in [0.25, 0.3) is 0 Å². The lowest BCUT2D eigenvalue weighted by Gasteiger charge is -2.22. The maximum atomic E-state index is 10.5. The lowest BCUT2D eigenvalue weighted by molar-refractivity contribution is -0.141. The van der Waals surface area contributed by atoms with E-state index in [1.54, 1.807) is 0 Å². The fraction of sp³-hybridized carbons (Fsp3) is 0.889. The Morgan fingerprint density at radius 3 is 2.50 bits per heavy atom. The Morgan fingerprint density at radius 1 is 1.50 bits per heavy atom. The monoisotopic (exact) mass is 190 g/mol. The van der Waals surface area contributed by atoms with E-state index < -0.39 is 0 Å². The van der Waals surface area contributed by atoms with Gasteiger partial charge in [-0.25, -0.2) is 0 Å². The molecule has 0 aliphatic rings. The van der Waals surface area contributed by atoms with Crippen molar-refractivity contribution in [3.05, 3.63) is 0 Å². The van der Waals surface area contributed by atoms with Crippen LogP contribution in [0.15, 0.2) is 0 Å². The Kier molecular flexibility index (Phi) is 5.38. The summed E-state index contributed by atoms with van der Waals surface area (Å²) in [6.07, 6.45) is 0.922. The summed E-state index contributed by atoms with van der Waals surface area (Å²) in [6, 6.07) is 0. The van der Waals surface area contributed by atoms with Gasteiger partial charge < -0.3 is 4.74 Å². The summed E-state index contributed by atoms with van der Waals surface area (Å²) in [4.78, 5) is 10.5. The second kappa shape index (κ2) is 5.46. The van der Waals surface area contributed by atoms with E-state index in [2.05, 4.69) is 20.8 Å². The number of ether oxygens (including phenoxy) is 1. The van der Waals surface area contributed by atoms with Gasteiger partial charge in [0.05, 0.1) is 6.61 Å². The number of esters is 1. The van der Waals surface area contributed by atoms with Crippen LogP contribution < -0.4 is 0 Å². The van der Waals surface area contributed by atoms with E-state index in [0.717, 1.165) is 12.2 Å². The van der Waals surface area contributed by atoms with Crippen LogP contribution in [-0.2, 0) is 9.53 Å². The number of hydrogen-bond donors (Lipinski definition) is 0. The van der Waals surface area contributed by atoms with Crippen molar-refractivity contribution >= 4 is 17.7 Å². The Balaban J connectivity index is 3.53. The van der Waals surface area contributed by atoms with Crippen LogP contribution in [-0.4, -0.2) is 23.1 Å². The molecule has 12 heavy (non-hydrogen) atoms. The van der Waals surface area contributed by atoms with Crippen molar-refractivity contribution in [1.82, 2.24) is 0 Å². The van der Waals surface area contributed by atoms with Crippen molar-refractivity contribution in [3.63, 3.8) is 0 Å². The van der Waals surface area contributed by atoms with Crippen LogP contribution in [0.3, 0.4) is 0 Å². The lowest BCUT2D eigenvalue weighted by atomic mass is 10.1. The highest BCUT2D eigenvalue weighted by Gasteiger charge is 2.17. The SMILES string of the molecule is CCSC(C)(C)CCOC(C)=O. The number of thioether (sulfide) groups is 1. The lowest BCUT2D eigenvalue weighted by Crippen LogP contribution is -2.18. The Hall–Kier alpha value is -0.180. The Bertz CT molecular complexity index is 143. The van der Waals surface area contributed by atoms with Gasteiger partial charge in [0.2, 0.25) is 0 Å². The minimum Gasteiger partial charge on any atom is -0.466 e. The van der Waals surface area contributed by atoms with Crippen molar-refractivity contribution in [2.45, 2.75) is 38.9 Å². The smallest absolute Gasteiger partial charge is 0.302 e. The highest BCUT2D eigenvalue weighted by Crippen LogP contribution is 2.27. The first kappa shape index (κ1) is 11.8. The first-order chi connectivity index (χ1) is 5.48. The number of hydrogen-bond acceptors (Lipinski definition) is 3. The first-order valence-electron chi connectivity index (χ1n) is 4.25. The van der Waals surface area contributed by atoms with Crippen molar-refractivity contribution < 1.29 is 9.53 Å². The van der Waals surface area contributed by atoms with E-state index in [1.807, 2.05) is 11.8 Å². The van der Waals surface area contributed by atoms with Crippen LogP contribution in [0.5, 0.6) is 0 Å². The van der Waals surface area contributed by atoms with Crippen molar-refractivity contribution in [1.29, 1.82) is 0 Å². The number of carbonyl (C=O) groups excluding carboxylic acids is 1. The van der Waals surface area contributed by atoms with E-state index in [4.69, 9.17) is 4.74 Å². The zero-order chi connectivity index (χ0) is 9.61. The molecule has 0 amide bonds. The van der Waals surface area contributed by atoms with E-state index >= 15 is 0 Å². The quantitative estimate of drug-likeness (QED) is 0.623. The van der Waals surface area contributed by atoms with Gasteiger partial charge in [-0.05, 0) is 12.2 Å². The molecule has 0 saturated carbocycles. The van der Waals surface area contributed by atoms with Gasteiger partial charge in [-0.2, -0.15) is 11.8 Å². The van der Waals surface area contributed by atoms with Crippen LogP contribution in [0.2, 0.25) is 0 Å². The van der Waals surface area contributed by atoms with E-state index in [0.29, 0.717) is 6.61 Å². The third-order valence-corrected chi connectivity index (χ3v) is 2.82. The minimum absolute atomic E-state index is 0.188. The molecule has 0 N–H and O–H groups in total. The van der Waals surface area contributed by atoms with E-state index in [-0.39, 0.29) is 10.7 Å². The fourth-order valence-corrected chi connectivity index (χ4v) is 1.91. The molecule has 0 atom stereocenters. The molecule has 0 aromatic heterocycles. The second-order valence-corrected chi connectivity index (χ2v) is 5.25. The van der Waals surface area contributed by atoms with Gasteiger partial charge >= 0.3 is 5.97 Å². The molecule has 0 aliphatic carbocycles. The predicted octanol–water partition coefficient (Wildman–Crippen LogP) is 2.47. The van der Waals surface area contributed by atoms with E-state index in [9.17, 15) is 4.79 Å². The standard InChI is InChI=1S/C9H18O2S/c1-5-12-9(3,4)6-7-11-8(2)10/h5-7H2,1-4H3. The average Bonchev–Trinajstić information content (AvgIpc) is 1.85. The Morgan fingerprint density at radius 2 is 2.08 bits per heavy atom. The van der Waals surface area contributed by atoms with Crippen LogP contribution in [0.1, 0.15) is 34.1 Å².